The second-order valence-electron chi connectivity index (χ2n) is 7.16. The van der Waals surface area contributed by atoms with Crippen molar-refractivity contribution in [3.05, 3.63) is 88.9 Å². The molecule has 170 valence electrons. The number of amides is 2. The van der Waals surface area contributed by atoms with Crippen LogP contribution in [0.4, 0.5) is 5.69 Å². The predicted molar refractivity (Wildman–Crippen MR) is 126 cm³/mol. The van der Waals surface area contributed by atoms with Crippen LogP contribution in [-0.4, -0.2) is 23.9 Å². The molecule has 3 rings (SSSR count). The first-order chi connectivity index (χ1) is 15.8. The number of rotatable bonds is 8. The molecule has 0 bridgehead atoms. The summed E-state index contributed by atoms with van der Waals surface area (Å²) in [5.41, 5.74) is 1.60. The van der Waals surface area contributed by atoms with Gasteiger partial charge in [-0.15, -0.1) is 0 Å². The Kier molecular flexibility index (Phi) is 8.05. The van der Waals surface area contributed by atoms with Gasteiger partial charge in [0.2, 0.25) is 0 Å². The van der Waals surface area contributed by atoms with Crippen molar-refractivity contribution < 1.29 is 23.9 Å². The highest BCUT2D eigenvalue weighted by Crippen LogP contribution is 2.19. The fourth-order valence-corrected chi connectivity index (χ4v) is 3.08. The smallest absolute Gasteiger partial charge is 0.308 e. The number of hydrogen-bond acceptors (Lipinski definition) is 5. The average Bonchev–Trinajstić information content (AvgIpc) is 2.79. The zero-order valence-corrected chi connectivity index (χ0v) is 18.9. The second kappa shape index (κ2) is 11.2. The van der Waals surface area contributed by atoms with Crippen molar-refractivity contribution in [3.63, 3.8) is 0 Å². The maximum Gasteiger partial charge on any atom is 0.308 e. The van der Waals surface area contributed by atoms with Crippen LogP contribution in [0, 0.1) is 0 Å². The lowest BCUT2D eigenvalue weighted by atomic mass is 10.1. The molecule has 0 aliphatic heterocycles. The van der Waals surface area contributed by atoms with Crippen molar-refractivity contribution in [1.82, 2.24) is 5.32 Å². The van der Waals surface area contributed by atoms with E-state index in [0.717, 1.165) is 0 Å². The van der Waals surface area contributed by atoms with Gasteiger partial charge >= 0.3 is 5.97 Å². The second-order valence-corrected chi connectivity index (χ2v) is 7.60. The SMILES string of the molecule is CC(=O)Oc1cccc(C(=O)Nc2ccccc2CNC(=O)C(C)Oc2ccc(Cl)cc2)c1. The third kappa shape index (κ3) is 7.08. The molecule has 2 amide bonds. The molecule has 1 atom stereocenters. The Morgan fingerprint density at radius 3 is 2.39 bits per heavy atom. The summed E-state index contributed by atoms with van der Waals surface area (Å²) >= 11 is 5.86. The molecule has 2 N–H and O–H groups in total. The van der Waals surface area contributed by atoms with Crippen LogP contribution >= 0.6 is 11.6 Å². The molecule has 0 heterocycles. The van der Waals surface area contributed by atoms with Gasteiger partial charge in [0.15, 0.2) is 6.10 Å². The standard InChI is InChI=1S/C25H23ClN2O5/c1-16(32-21-12-10-20(26)11-13-21)24(30)27-15-19-6-3-4-9-23(19)28-25(31)18-7-5-8-22(14-18)33-17(2)29/h3-14,16H,15H2,1-2H3,(H,27,30)(H,28,31). The first kappa shape index (κ1) is 23.8. The highest BCUT2D eigenvalue weighted by molar-refractivity contribution is 6.30. The molecule has 33 heavy (non-hydrogen) atoms. The molecule has 7 nitrogen and oxygen atoms in total. The van der Waals surface area contributed by atoms with Gasteiger partial charge in [0.25, 0.3) is 11.8 Å². The van der Waals surface area contributed by atoms with Gasteiger partial charge in [-0.25, -0.2) is 0 Å². The monoisotopic (exact) mass is 466 g/mol. The van der Waals surface area contributed by atoms with Crippen molar-refractivity contribution in [3.8, 4) is 11.5 Å². The van der Waals surface area contributed by atoms with E-state index in [-0.39, 0.29) is 24.1 Å². The van der Waals surface area contributed by atoms with E-state index in [1.54, 1.807) is 67.6 Å². The first-order valence-electron chi connectivity index (χ1n) is 10.2. The van der Waals surface area contributed by atoms with Gasteiger partial charge in [0.05, 0.1) is 0 Å². The summed E-state index contributed by atoms with van der Waals surface area (Å²) in [6.07, 6.45) is -0.725. The van der Waals surface area contributed by atoms with Crippen molar-refractivity contribution in [1.29, 1.82) is 0 Å². The fraction of sp³-hybridized carbons (Fsp3) is 0.160. The average molecular weight is 467 g/mol. The Morgan fingerprint density at radius 2 is 1.67 bits per heavy atom. The molecule has 0 aromatic heterocycles. The number of hydrogen-bond donors (Lipinski definition) is 2. The van der Waals surface area contributed by atoms with Gasteiger partial charge < -0.3 is 20.1 Å². The Bertz CT molecular complexity index is 1150. The molecule has 3 aromatic carbocycles. The van der Waals surface area contributed by atoms with Gasteiger partial charge in [-0.05, 0) is 61.0 Å². The van der Waals surface area contributed by atoms with Gasteiger partial charge in [-0.3, -0.25) is 14.4 Å². The van der Waals surface area contributed by atoms with Crippen molar-refractivity contribution in [2.45, 2.75) is 26.5 Å². The van der Waals surface area contributed by atoms with E-state index in [0.29, 0.717) is 27.6 Å². The molecule has 8 heteroatoms. The van der Waals surface area contributed by atoms with E-state index >= 15 is 0 Å². The Hall–Kier alpha value is -3.84. The number of halogens is 1. The Labute approximate surface area is 196 Å². The minimum Gasteiger partial charge on any atom is -0.481 e. The summed E-state index contributed by atoms with van der Waals surface area (Å²) in [5, 5.41) is 6.23. The van der Waals surface area contributed by atoms with Gasteiger partial charge in [-0.1, -0.05) is 35.9 Å². The number of carbonyl (C=O) groups excluding carboxylic acids is 3. The highest BCUT2D eigenvalue weighted by Gasteiger charge is 2.16. The third-order valence-corrected chi connectivity index (χ3v) is 4.82. The minimum absolute atomic E-state index is 0.192. The van der Waals surface area contributed by atoms with E-state index in [1.165, 1.54) is 13.0 Å². The topological polar surface area (TPSA) is 93.7 Å². The molecule has 0 saturated heterocycles. The number of para-hydroxylation sites is 1. The van der Waals surface area contributed by atoms with Gasteiger partial charge in [0, 0.05) is 29.7 Å². The molecule has 0 aliphatic carbocycles. The number of benzene rings is 3. The van der Waals surface area contributed by atoms with E-state index in [2.05, 4.69) is 10.6 Å². The molecule has 0 radical (unpaired) electrons. The summed E-state index contributed by atoms with van der Waals surface area (Å²) in [5.74, 6) is -0.332. The van der Waals surface area contributed by atoms with Crippen LogP contribution in [0.25, 0.3) is 0 Å². The maximum atomic E-state index is 12.7. The molecule has 0 spiro atoms. The van der Waals surface area contributed by atoms with Crippen molar-refractivity contribution in [2.24, 2.45) is 0 Å². The molecule has 0 aliphatic rings. The van der Waals surface area contributed by atoms with Crippen LogP contribution < -0.4 is 20.1 Å². The van der Waals surface area contributed by atoms with E-state index in [9.17, 15) is 14.4 Å². The molecule has 0 saturated carbocycles. The van der Waals surface area contributed by atoms with Crippen LogP contribution in [0.5, 0.6) is 11.5 Å². The summed E-state index contributed by atoms with van der Waals surface area (Å²) in [4.78, 5) is 36.3. The first-order valence-corrected chi connectivity index (χ1v) is 10.6. The quantitative estimate of drug-likeness (QED) is 0.374. The van der Waals surface area contributed by atoms with Crippen molar-refractivity contribution in [2.75, 3.05) is 5.32 Å². The molecular formula is C25H23ClN2O5. The van der Waals surface area contributed by atoms with Crippen LogP contribution in [0.1, 0.15) is 29.8 Å². The Balaban J connectivity index is 1.62. The lowest BCUT2D eigenvalue weighted by Gasteiger charge is -2.16. The lowest BCUT2D eigenvalue weighted by Crippen LogP contribution is -2.36. The highest BCUT2D eigenvalue weighted by atomic mass is 35.5. The van der Waals surface area contributed by atoms with Gasteiger partial charge in [-0.2, -0.15) is 0 Å². The zero-order valence-electron chi connectivity index (χ0n) is 18.1. The zero-order chi connectivity index (χ0) is 23.8. The molecule has 0 fully saturated rings. The third-order valence-electron chi connectivity index (χ3n) is 4.57. The Morgan fingerprint density at radius 1 is 0.939 bits per heavy atom. The summed E-state index contributed by atoms with van der Waals surface area (Å²) in [6, 6.07) is 20.2. The number of nitrogens with one attached hydrogen (secondary N) is 2. The number of ether oxygens (including phenoxy) is 2. The number of carbonyl (C=O) groups is 3. The van der Waals surface area contributed by atoms with Crippen molar-refractivity contribution >= 4 is 35.1 Å². The van der Waals surface area contributed by atoms with E-state index in [4.69, 9.17) is 21.1 Å². The van der Waals surface area contributed by atoms with E-state index in [1.807, 2.05) is 6.07 Å². The summed E-state index contributed by atoms with van der Waals surface area (Å²) < 4.78 is 10.7. The lowest BCUT2D eigenvalue weighted by molar-refractivity contribution is -0.132. The summed E-state index contributed by atoms with van der Waals surface area (Å²) in [6.45, 7) is 3.13. The largest absolute Gasteiger partial charge is 0.481 e. The molecular weight excluding hydrogens is 444 g/mol. The van der Waals surface area contributed by atoms with Crippen LogP contribution in [-0.2, 0) is 16.1 Å². The number of esters is 1. The van der Waals surface area contributed by atoms with Gasteiger partial charge in [0.1, 0.15) is 11.5 Å². The van der Waals surface area contributed by atoms with Crippen LogP contribution in [0.3, 0.4) is 0 Å². The normalized spacial score (nSPS) is 11.2. The van der Waals surface area contributed by atoms with Crippen LogP contribution in [0.15, 0.2) is 72.8 Å². The molecule has 3 aromatic rings. The predicted octanol–water partition coefficient (Wildman–Crippen LogP) is 4.60. The maximum absolute atomic E-state index is 12.7. The summed E-state index contributed by atoms with van der Waals surface area (Å²) in [7, 11) is 0. The van der Waals surface area contributed by atoms with E-state index < -0.39 is 12.1 Å². The molecule has 1 unspecified atom stereocenters. The minimum atomic E-state index is -0.725. The fourth-order valence-electron chi connectivity index (χ4n) is 2.95. The van der Waals surface area contributed by atoms with Crippen LogP contribution in [0.2, 0.25) is 5.02 Å². The number of anilines is 1.